The highest BCUT2D eigenvalue weighted by atomic mass is 16.4. The predicted octanol–water partition coefficient (Wildman–Crippen LogP) is 0.897. The lowest BCUT2D eigenvalue weighted by Gasteiger charge is -2.37. The summed E-state index contributed by atoms with van der Waals surface area (Å²) in [5, 5.41) is 20.6. The third kappa shape index (κ3) is 1.28. The molecular weight excluding hydrogens is 224 g/mol. The molecule has 1 aliphatic rings. The fraction of sp³-hybridized carbons (Fsp3) is 0.400. The molecule has 2 heterocycles. The summed E-state index contributed by atoms with van der Waals surface area (Å²) in [6.07, 6.45) is 4.98. The number of hydrogen-bond acceptors (Lipinski definition) is 5. The number of carboxylic acids is 1. The molecule has 3 rings (SSSR count). The summed E-state index contributed by atoms with van der Waals surface area (Å²) in [6.45, 7) is 0. The standard InChI is InChI=1S/C10H10N4O3/c15-9(16)10(3-1-4-10)14-8(11-12-13-14)7-2-5-17-6-7/h2,5-6H,1,3-4H2,(H,15,16). The second-order valence-corrected chi connectivity index (χ2v) is 4.12. The molecule has 0 aliphatic heterocycles. The van der Waals surface area contributed by atoms with Crippen molar-refractivity contribution in [2.45, 2.75) is 24.8 Å². The van der Waals surface area contributed by atoms with Crippen molar-refractivity contribution in [3.63, 3.8) is 0 Å². The van der Waals surface area contributed by atoms with Gasteiger partial charge in [0.05, 0.1) is 11.8 Å². The van der Waals surface area contributed by atoms with Crippen molar-refractivity contribution in [3.8, 4) is 11.4 Å². The van der Waals surface area contributed by atoms with Gasteiger partial charge in [-0.1, -0.05) is 0 Å². The van der Waals surface area contributed by atoms with E-state index in [1.54, 1.807) is 6.07 Å². The van der Waals surface area contributed by atoms with Crippen molar-refractivity contribution in [2.75, 3.05) is 0 Å². The van der Waals surface area contributed by atoms with E-state index < -0.39 is 11.5 Å². The smallest absolute Gasteiger partial charge is 0.331 e. The molecule has 1 fully saturated rings. The van der Waals surface area contributed by atoms with Gasteiger partial charge in [-0.3, -0.25) is 0 Å². The van der Waals surface area contributed by atoms with Crippen molar-refractivity contribution >= 4 is 5.97 Å². The zero-order valence-corrected chi connectivity index (χ0v) is 8.91. The molecule has 17 heavy (non-hydrogen) atoms. The molecule has 0 saturated heterocycles. The highest BCUT2D eigenvalue weighted by Crippen LogP contribution is 2.40. The van der Waals surface area contributed by atoms with E-state index in [1.165, 1.54) is 17.2 Å². The van der Waals surface area contributed by atoms with E-state index in [0.717, 1.165) is 6.42 Å². The Labute approximate surface area is 96.0 Å². The minimum atomic E-state index is -0.990. The lowest BCUT2D eigenvalue weighted by molar-refractivity contribution is -0.153. The van der Waals surface area contributed by atoms with E-state index >= 15 is 0 Å². The topological polar surface area (TPSA) is 94.0 Å². The molecular formula is C10H10N4O3. The Balaban J connectivity index is 2.10. The Morgan fingerprint density at radius 1 is 1.53 bits per heavy atom. The van der Waals surface area contributed by atoms with Crippen molar-refractivity contribution in [1.82, 2.24) is 20.2 Å². The Kier molecular flexibility index (Phi) is 2.01. The van der Waals surface area contributed by atoms with Crippen LogP contribution in [0.15, 0.2) is 23.0 Å². The van der Waals surface area contributed by atoms with E-state index in [4.69, 9.17) is 4.42 Å². The van der Waals surface area contributed by atoms with Crippen molar-refractivity contribution < 1.29 is 14.3 Å². The Bertz CT molecular complexity index is 542. The first kappa shape index (κ1) is 10.0. The number of carbonyl (C=O) groups is 1. The number of tetrazole rings is 1. The van der Waals surface area contributed by atoms with Gasteiger partial charge in [0.15, 0.2) is 11.4 Å². The number of aliphatic carboxylic acids is 1. The lowest BCUT2D eigenvalue weighted by Crippen LogP contribution is -2.48. The second kappa shape index (κ2) is 3.41. The van der Waals surface area contributed by atoms with Gasteiger partial charge in [0.1, 0.15) is 6.26 Å². The van der Waals surface area contributed by atoms with E-state index in [9.17, 15) is 9.90 Å². The SMILES string of the molecule is O=C(O)C1(n2nnnc2-c2ccoc2)CCC1. The number of furan rings is 1. The average Bonchev–Trinajstić information content (AvgIpc) is 2.82. The fourth-order valence-corrected chi connectivity index (χ4v) is 2.08. The van der Waals surface area contributed by atoms with E-state index in [-0.39, 0.29) is 0 Å². The lowest BCUT2D eigenvalue weighted by atomic mass is 9.77. The zero-order chi connectivity index (χ0) is 11.9. The maximum absolute atomic E-state index is 11.4. The van der Waals surface area contributed by atoms with Gasteiger partial charge in [0.2, 0.25) is 0 Å². The van der Waals surface area contributed by atoms with Gasteiger partial charge in [0.25, 0.3) is 0 Å². The van der Waals surface area contributed by atoms with Crippen molar-refractivity contribution in [2.24, 2.45) is 0 Å². The highest BCUT2D eigenvalue weighted by molar-refractivity contribution is 5.78. The normalized spacial score (nSPS) is 17.6. The Morgan fingerprint density at radius 2 is 2.35 bits per heavy atom. The molecule has 0 spiro atoms. The molecule has 0 bridgehead atoms. The summed E-state index contributed by atoms with van der Waals surface area (Å²) in [6, 6.07) is 1.70. The molecule has 1 aliphatic carbocycles. The third-order valence-corrected chi connectivity index (χ3v) is 3.23. The number of carboxylic acid groups (broad SMARTS) is 1. The van der Waals surface area contributed by atoms with Crippen LogP contribution in [-0.4, -0.2) is 31.3 Å². The minimum Gasteiger partial charge on any atom is -0.479 e. The average molecular weight is 234 g/mol. The van der Waals surface area contributed by atoms with Crippen LogP contribution >= 0.6 is 0 Å². The number of nitrogens with zero attached hydrogens (tertiary/aromatic N) is 4. The second-order valence-electron chi connectivity index (χ2n) is 4.12. The minimum absolute atomic E-state index is 0.431. The number of rotatable bonds is 3. The van der Waals surface area contributed by atoms with Crippen LogP contribution in [0.4, 0.5) is 0 Å². The molecule has 0 atom stereocenters. The molecule has 1 N–H and O–H groups in total. The van der Waals surface area contributed by atoms with Gasteiger partial charge in [-0.2, -0.15) is 0 Å². The maximum Gasteiger partial charge on any atom is 0.331 e. The molecule has 0 unspecified atom stereocenters. The molecule has 0 aromatic carbocycles. The predicted molar refractivity (Wildman–Crippen MR) is 55.0 cm³/mol. The van der Waals surface area contributed by atoms with Crippen LogP contribution in [0.25, 0.3) is 11.4 Å². The molecule has 2 aromatic heterocycles. The van der Waals surface area contributed by atoms with E-state index in [2.05, 4.69) is 15.5 Å². The molecule has 7 heteroatoms. The third-order valence-electron chi connectivity index (χ3n) is 3.23. The van der Waals surface area contributed by atoms with Crippen molar-refractivity contribution in [1.29, 1.82) is 0 Å². The Morgan fingerprint density at radius 3 is 2.88 bits per heavy atom. The number of aromatic nitrogens is 4. The first-order chi connectivity index (χ1) is 8.24. The monoisotopic (exact) mass is 234 g/mol. The van der Waals surface area contributed by atoms with Gasteiger partial charge in [-0.25, -0.2) is 9.48 Å². The molecule has 88 valence electrons. The molecule has 7 nitrogen and oxygen atoms in total. The zero-order valence-electron chi connectivity index (χ0n) is 8.91. The maximum atomic E-state index is 11.4. The quantitative estimate of drug-likeness (QED) is 0.847. The molecule has 1 saturated carbocycles. The van der Waals surface area contributed by atoms with Crippen molar-refractivity contribution in [3.05, 3.63) is 18.6 Å². The van der Waals surface area contributed by atoms with Gasteiger partial charge in [-0.05, 0) is 35.8 Å². The van der Waals surface area contributed by atoms with Gasteiger partial charge >= 0.3 is 5.97 Å². The largest absolute Gasteiger partial charge is 0.479 e. The first-order valence-electron chi connectivity index (χ1n) is 5.29. The summed E-state index contributed by atoms with van der Waals surface area (Å²) in [7, 11) is 0. The summed E-state index contributed by atoms with van der Waals surface area (Å²) in [4.78, 5) is 11.4. The summed E-state index contributed by atoms with van der Waals surface area (Å²) < 4.78 is 6.35. The van der Waals surface area contributed by atoms with E-state index in [0.29, 0.717) is 24.2 Å². The van der Waals surface area contributed by atoms with Crippen LogP contribution < -0.4 is 0 Å². The highest BCUT2D eigenvalue weighted by Gasteiger charge is 2.49. The van der Waals surface area contributed by atoms with Crippen LogP contribution in [0.3, 0.4) is 0 Å². The van der Waals surface area contributed by atoms with Crippen LogP contribution in [0.2, 0.25) is 0 Å². The first-order valence-corrected chi connectivity index (χ1v) is 5.29. The van der Waals surface area contributed by atoms with Crippen LogP contribution in [0.1, 0.15) is 19.3 Å². The van der Waals surface area contributed by atoms with Crippen LogP contribution in [-0.2, 0) is 10.3 Å². The van der Waals surface area contributed by atoms with Crippen LogP contribution in [0, 0.1) is 0 Å². The van der Waals surface area contributed by atoms with E-state index in [1.807, 2.05) is 0 Å². The van der Waals surface area contributed by atoms with Crippen LogP contribution in [0.5, 0.6) is 0 Å². The summed E-state index contributed by atoms with van der Waals surface area (Å²) in [5.74, 6) is -0.457. The summed E-state index contributed by atoms with van der Waals surface area (Å²) in [5.41, 5.74) is -0.307. The Hall–Kier alpha value is -2.18. The molecule has 2 aromatic rings. The number of hydrogen-bond donors (Lipinski definition) is 1. The molecule has 0 amide bonds. The van der Waals surface area contributed by atoms with Gasteiger partial charge < -0.3 is 9.52 Å². The fourth-order valence-electron chi connectivity index (χ4n) is 2.08. The summed E-state index contributed by atoms with van der Waals surface area (Å²) >= 11 is 0. The van der Waals surface area contributed by atoms with Gasteiger partial charge in [-0.15, -0.1) is 5.10 Å². The molecule has 0 radical (unpaired) electrons. The van der Waals surface area contributed by atoms with Gasteiger partial charge in [0, 0.05) is 0 Å².